The van der Waals surface area contributed by atoms with E-state index in [9.17, 15) is 9.59 Å². The fourth-order valence-corrected chi connectivity index (χ4v) is 9.59. The Labute approximate surface area is 271 Å². The largest absolute Gasteiger partial charge is 0.373 e. The van der Waals surface area contributed by atoms with E-state index >= 15 is 0 Å². The van der Waals surface area contributed by atoms with Crippen LogP contribution in [0.3, 0.4) is 0 Å². The van der Waals surface area contributed by atoms with Crippen LogP contribution in [0.1, 0.15) is 61.1 Å². The van der Waals surface area contributed by atoms with Gasteiger partial charge in [-0.25, -0.2) is 0 Å². The van der Waals surface area contributed by atoms with Crippen molar-refractivity contribution < 1.29 is 14.3 Å². The second-order valence-electron chi connectivity index (χ2n) is 14.4. The number of aryl methyl sites for hydroxylation is 2. The molecule has 2 unspecified atom stereocenters. The van der Waals surface area contributed by atoms with Crippen molar-refractivity contribution in [2.75, 3.05) is 52.4 Å². The molecule has 4 fully saturated rings. The summed E-state index contributed by atoms with van der Waals surface area (Å²) in [5.41, 5.74) is 5.76. The summed E-state index contributed by atoms with van der Waals surface area (Å²) in [4.78, 5) is 39.2. The summed E-state index contributed by atoms with van der Waals surface area (Å²) < 4.78 is 5.93. The van der Waals surface area contributed by atoms with Crippen LogP contribution in [0.15, 0.2) is 24.3 Å². The summed E-state index contributed by atoms with van der Waals surface area (Å²) in [5, 5.41) is 4.63. The van der Waals surface area contributed by atoms with E-state index in [4.69, 9.17) is 4.74 Å². The molecule has 2 N–H and O–H groups in total. The van der Waals surface area contributed by atoms with Gasteiger partial charge in [0.25, 0.3) is 0 Å². The lowest BCUT2D eigenvalue weighted by molar-refractivity contribution is -0.137. The van der Waals surface area contributed by atoms with Crippen LogP contribution in [0, 0.1) is 13.8 Å². The molecule has 45 heavy (non-hydrogen) atoms. The number of carbonyl (C=O) groups is 2. The number of rotatable bonds is 9. The van der Waals surface area contributed by atoms with Crippen LogP contribution in [0.25, 0.3) is 21.5 Å². The highest BCUT2D eigenvalue weighted by Crippen LogP contribution is 2.44. The molecule has 4 aliphatic rings. The normalized spacial score (nSPS) is 25.3. The Bertz CT molecular complexity index is 1510. The first-order chi connectivity index (χ1) is 21.7. The minimum atomic E-state index is -0.546. The minimum absolute atomic E-state index is 0.0687. The molecule has 0 saturated carbocycles. The highest BCUT2D eigenvalue weighted by atomic mass is 32.1. The molecule has 0 aliphatic carbocycles. The number of ether oxygens (including phenoxy) is 1. The van der Waals surface area contributed by atoms with Gasteiger partial charge < -0.3 is 29.6 Å². The molecule has 1 amide bonds. The molecule has 9 heteroatoms. The van der Waals surface area contributed by atoms with Crippen molar-refractivity contribution in [2.45, 2.75) is 89.4 Å². The predicted octanol–water partition coefficient (Wildman–Crippen LogP) is 4.66. The van der Waals surface area contributed by atoms with E-state index < -0.39 is 5.41 Å². The van der Waals surface area contributed by atoms with Gasteiger partial charge in [-0.05, 0) is 89.1 Å². The van der Waals surface area contributed by atoms with Crippen molar-refractivity contribution in [3.63, 3.8) is 0 Å². The third-order valence-electron chi connectivity index (χ3n) is 10.9. The number of benzene rings is 1. The number of aromatic amines is 1. The number of nitrogens with zero attached hydrogens (tertiary/aromatic N) is 3. The fraction of sp³-hybridized carbons (Fsp3) is 0.611. The predicted molar refractivity (Wildman–Crippen MR) is 181 cm³/mol. The first-order valence-corrected chi connectivity index (χ1v) is 17.8. The summed E-state index contributed by atoms with van der Waals surface area (Å²) in [6, 6.07) is 9.80. The Balaban J connectivity index is 1.12. The first-order valence-electron chi connectivity index (χ1n) is 17.0. The molecule has 242 valence electrons. The maximum atomic E-state index is 14.0. The van der Waals surface area contributed by atoms with Gasteiger partial charge in [0.05, 0.1) is 29.9 Å². The first kappa shape index (κ1) is 31.1. The topological polar surface area (TPSA) is 80.9 Å². The highest BCUT2D eigenvalue weighted by molar-refractivity contribution is 7.19. The molecule has 4 saturated heterocycles. The molecule has 7 rings (SSSR count). The minimum Gasteiger partial charge on any atom is -0.373 e. The van der Waals surface area contributed by atoms with Gasteiger partial charge in [0, 0.05) is 68.2 Å². The molecule has 1 aromatic carbocycles. The van der Waals surface area contributed by atoms with E-state index in [0.29, 0.717) is 24.6 Å². The zero-order valence-corrected chi connectivity index (χ0v) is 28.2. The van der Waals surface area contributed by atoms with E-state index in [2.05, 4.69) is 77.0 Å². The van der Waals surface area contributed by atoms with Gasteiger partial charge in [0.2, 0.25) is 5.91 Å². The number of morpholine rings is 1. The summed E-state index contributed by atoms with van der Waals surface area (Å²) in [7, 11) is 0. The summed E-state index contributed by atoms with van der Waals surface area (Å²) >= 11 is 1.76. The van der Waals surface area contributed by atoms with Crippen LogP contribution in [0.2, 0.25) is 0 Å². The van der Waals surface area contributed by atoms with Crippen LogP contribution < -0.4 is 5.32 Å². The molecule has 2 aromatic heterocycles. The summed E-state index contributed by atoms with van der Waals surface area (Å²) in [6.45, 7) is 15.4. The fourth-order valence-electron chi connectivity index (χ4n) is 8.41. The Morgan fingerprint density at radius 1 is 1.04 bits per heavy atom. The number of thiophene rings is 1. The maximum absolute atomic E-state index is 14.0. The van der Waals surface area contributed by atoms with Crippen molar-refractivity contribution in [2.24, 2.45) is 0 Å². The van der Waals surface area contributed by atoms with Crippen LogP contribution in [-0.2, 0) is 26.2 Å². The zero-order valence-electron chi connectivity index (χ0n) is 27.4. The van der Waals surface area contributed by atoms with Gasteiger partial charge in [-0.15, -0.1) is 11.3 Å². The molecular weight excluding hydrogens is 582 g/mol. The third-order valence-corrected chi connectivity index (χ3v) is 12.3. The number of aldehydes is 1. The van der Waals surface area contributed by atoms with Crippen LogP contribution in [-0.4, -0.2) is 109 Å². The lowest BCUT2D eigenvalue weighted by Crippen LogP contribution is -2.58. The standard InChI is InChI=1S/C36H49N5O3S/c1-23-17-24(2)19-25(18-23)33-28(9-11-39-12-14-40(15-13-39)30(22-42)31-21-37-10-16-44-31)29-20-32(45-34(29)38-33)36(3,4)35(43)41-26-5-6-27(41)8-7-26/h17-20,22,26-27,30-31,37-38H,5-16,21H2,1-4H3. The van der Waals surface area contributed by atoms with Crippen molar-refractivity contribution in [3.8, 4) is 11.3 Å². The number of fused-ring (bicyclic) bond motifs is 3. The number of amides is 1. The maximum Gasteiger partial charge on any atom is 0.233 e. The average molecular weight is 632 g/mol. The Kier molecular flexibility index (Phi) is 8.67. The Hall–Kier alpha value is -2.56. The zero-order chi connectivity index (χ0) is 31.3. The van der Waals surface area contributed by atoms with Gasteiger partial charge in [-0.2, -0.15) is 0 Å². The quantitative estimate of drug-likeness (QED) is 0.335. The number of H-pyrrole nitrogens is 1. The van der Waals surface area contributed by atoms with Crippen molar-refractivity contribution >= 4 is 33.7 Å². The van der Waals surface area contributed by atoms with Gasteiger partial charge in [-0.1, -0.05) is 17.2 Å². The van der Waals surface area contributed by atoms with Crippen LogP contribution >= 0.6 is 11.3 Å². The monoisotopic (exact) mass is 631 g/mol. The number of carbonyl (C=O) groups excluding carboxylic acids is 2. The average Bonchev–Trinajstić information content (AvgIpc) is 3.81. The van der Waals surface area contributed by atoms with Crippen molar-refractivity contribution in [3.05, 3.63) is 45.8 Å². The van der Waals surface area contributed by atoms with E-state index in [1.807, 2.05) is 0 Å². The molecule has 2 atom stereocenters. The number of hydrogen-bond donors (Lipinski definition) is 2. The summed E-state index contributed by atoms with van der Waals surface area (Å²) in [6.07, 6.45) is 6.59. The summed E-state index contributed by atoms with van der Waals surface area (Å²) in [5.74, 6) is 0.299. The van der Waals surface area contributed by atoms with Crippen molar-refractivity contribution in [1.82, 2.24) is 25.0 Å². The van der Waals surface area contributed by atoms with Gasteiger partial charge in [-0.3, -0.25) is 9.69 Å². The molecule has 0 spiro atoms. The third kappa shape index (κ3) is 5.91. The van der Waals surface area contributed by atoms with Crippen LogP contribution in [0.4, 0.5) is 0 Å². The number of piperazine rings is 1. The molecular formula is C36H49N5O3S. The van der Waals surface area contributed by atoms with Crippen LogP contribution in [0.5, 0.6) is 0 Å². The molecule has 4 aliphatic heterocycles. The lowest BCUT2D eigenvalue weighted by Gasteiger charge is -2.40. The molecule has 2 bridgehead atoms. The Morgan fingerprint density at radius 2 is 1.73 bits per heavy atom. The van der Waals surface area contributed by atoms with Gasteiger partial charge in [0.1, 0.15) is 11.1 Å². The molecule has 8 nitrogen and oxygen atoms in total. The van der Waals surface area contributed by atoms with E-state index in [0.717, 1.165) is 89.1 Å². The number of nitrogens with one attached hydrogen (secondary N) is 2. The molecule has 3 aromatic rings. The number of hydrogen-bond acceptors (Lipinski definition) is 7. The second kappa shape index (κ2) is 12.6. The number of aromatic nitrogens is 1. The van der Waals surface area contributed by atoms with Crippen molar-refractivity contribution in [1.29, 1.82) is 0 Å². The van der Waals surface area contributed by atoms with E-state index in [-0.39, 0.29) is 12.1 Å². The molecule has 0 radical (unpaired) electrons. The smallest absolute Gasteiger partial charge is 0.233 e. The SMILES string of the molecule is Cc1cc(C)cc(-c2[nH]c3sc(C(C)(C)C(=O)N4C5CCC4CC5)cc3c2CCN2CCN(C(C=O)C3CNCCO3)CC2)c1. The van der Waals surface area contributed by atoms with E-state index in [1.54, 1.807) is 11.3 Å². The highest BCUT2D eigenvalue weighted by Gasteiger charge is 2.47. The second-order valence-corrected chi connectivity index (χ2v) is 15.4. The Morgan fingerprint density at radius 3 is 2.36 bits per heavy atom. The van der Waals surface area contributed by atoms with E-state index in [1.165, 1.54) is 38.2 Å². The molecule has 6 heterocycles. The lowest BCUT2D eigenvalue weighted by atomic mass is 9.88. The van der Waals surface area contributed by atoms with Gasteiger partial charge >= 0.3 is 0 Å². The van der Waals surface area contributed by atoms with Gasteiger partial charge in [0.15, 0.2) is 0 Å².